The molecule has 1 aliphatic rings. The van der Waals surface area contributed by atoms with E-state index in [2.05, 4.69) is 37.8 Å². The quantitative estimate of drug-likeness (QED) is 0.739. The van der Waals surface area contributed by atoms with Crippen LogP contribution in [0.1, 0.15) is 56.5 Å². The van der Waals surface area contributed by atoms with Crippen molar-refractivity contribution in [3.05, 3.63) is 29.3 Å². The monoisotopic (exact) mass is 245 g/mol. The molecule has 0 amide bonds. The van der Waals surface area contributed by atoms with Crippen molar-refractivity contribution in [2.75, 3.05) is 18.0 Å². The SMILES string of the molecule is CC(=O)c1ccc(N2CCCC2)c(C(C)(C)C)c1. The van der Waals surface area contributed by atoms with Crippen molar-refractivity contribution in [2.24, 2.45) is 0 Å². The van der Waals surface area contributed by atoms with E-state index < -0.39 is 0 Å². The summed E-state index contributed by atoms with van der Waals surface area (Å²) in [6, 6.07) is 6.17. The summed E-state index contributed by atoms with van der Waals surface area (Å²) in [7, 11) is 0. The summed E-state index contributed by atoms with van der Waals surface area (Å²) in [5.41, 5.74) is 3.49. The maximum Gasteiger partial charge on any atom is 0.159 e. The van der Waals surface area contributed by atoms with Crippen LogP contribution in [0.3, 0.4) is 0 Å². The summed E-state index contributed by atoms with van der Waals surface area (Å²) in [5, 5.41) is 0. The Morgan fingerprint density at radius 3 is 2.28 bits per heavy atom. The fourth-order valence-corrected chi connectivity index (χ4v) is 2.59. The van der Waals surface area contributed by atoms with Crippen LogP contribution in [0, 0.1) is 0 Å². The maximum atomic E-state index is 11.5. The zero-order valence-corrected chi connectivity index (χ0v) is 11.9. The molecule has 1 saturated heterocycles. The number of hydrogen-bond donors (Lipinski definition) is 0. The lowest BCUT2D eigenvalue weighted by Gasteiger charge is -2.29. The van der Waals surface area contributed by atoms with Gasteiger partial charge in [0.05, 0.1) is 0 Å². The Kier molecular flexibility index (Phi) is 3.47. The topological polar surface area (TPSA) is 20.3 Å². The van der Waals surface area contributed by atoms with E-state index in [-0.39, 0.29) is 11.2 Å². The van der Waals surface area contributed by atoms with Gasteiger partial charge in [-0.15, -0.1) is 0 Å². The first-order chi connectivity index (χ1) is 8.39. The molecule has 0 unspecified atom stereocenters. The third-order valence-corrected chi connectivity index (χ3v) is 3.66. The van der Waals surface area contributed by atoms with Crippen LogP contribution in [0.25, 0.3) is 0 Å². The first-order valence-electron chi connectivity index (χ1n) is 6.80. The first-order valence-corrected chi connectivity index (χ1v) is 6.80. The van der Waals surface area contributed by atoms with Crippen LogP contribution in [0.5, 0.6) is 0 Å². The Balaban J connectivity index is 2.48. The molecule has 0 aliphatic carbocycles. The smallest absolute Gasteiger partial charge is 0.159 e. The Labute approximate surface area is 110 Å². The number of nitrogens with zero attached hydrogens (tertiary/aromatic N) is 1. The van der Waals surface area contributed by atoms with Crippen molar-refractivity contribution in [1.82, 2.24) is 0 Å². The zero-order chi connectivity index (χ0) is 13.3. The molecule has 1 aliphatic heterocycles. The molecule has 0 saturated carbocycles. The molecule has 0 atom stereocenters. The highest BCUT2D eigenvalue weighted by molar-refractivity contribution is 5.94. The zero-order valence-electron chi connectivity index (χ0n) is 11.9. The van der Waals surface area contributed by atoms with Gasteiger partial charge in [0, 0.05) is 24.3 Å². The van der Waals surface area contributed by atoms with Crippen LogP contribution in [-0.4, -0.2) is 18.9 Å². The van der Waals surface area contributed by atoms with Gasteiger partial charge < -0.3 is 4.90 Å². The second-order valence-electron chi connectivity index (χ2n) is 6.23. The number of carbonyl (C=O) groups is 1. The van der Waals surface area contributed by atoms with E-state index >= 15 is 0 Å². The Hall–Kier alpha value is -1.31. The van der Waals surface area contributed by atoms with Gasteiger partial charge in [0.25, 0.3) is 0 Å². The summed E-state index contributed by atoms with van der Waals surface area (Å²) >= 11 is 0. The summed E-state index contributed by atoms with van der Waals surface area (Å²) < 4.78 is 0. The number of hydrogen-bond acceptors (Lipinski definition) is 2. The number of ketones is 1. The molecule has 0 N–H and O–H groups in total. The minimum Gasteiger partial charge on any atom is -0.371 e. The van der Waals surface area contributed by atoms with Gasteiger partial charge in [-0.3, -0.25) is 4.79 Å². The largest absolute Gasteiger partial charge is 0.371 e. The Bertz CT molecular complexity index is 451. The third kappa shape index (κ3) is 2.58. The first kappa shape index (κ1) is 13.1. The molecule has 0 radical (unpaired) electrons. The third-order valence-electron chi connectivity index (χ3n) is 3.66. The van der Waals surface area contributed by atoms with Crippen molar-refractivity contribution in [3.8, 4) is 0 Å². The van der Waals surface area contributed by atoms with Crippen molar-refractivity contribution in [2.45, 2.75) is 46.0 Å². The second-order valence-corrected chi connectivity index (χ2v) is 6.23. The van der Waals surface area contributed by atoms with Gasteiger partial charge >= 0.3 is 0 Å². The van der Waals surface area contributed by atoms with Gasteiger partial charge in [-0.05, 0) is 48.9 Å². The summed E-state index contributed by atoms with van der Waals surface area (Å²) in [5.74, 6) is 0.147. The molecule has 1 fully saturated rings. The van der Waals surface area contributed by atoms with Crippen LogP contribution in [0.15, 0.2) is 18.2 Å². The van der Waals surface area contributed by atoms with Gasteiger partial charge in [-0.25, -0.2) is 0 Å². The van der Waals surface area contributed by atoms with E-state index in [1.807, 2.05) is 6.07 Å². The predicted molar refractivity (Wildman–Crippen MR) is 76.6 cm³/mol. The lowest BCUT2D eigenvalue weighted by molar-refractivity contribution is 0.101. The molecule has 0 spiro atoms. The van der Waals surface area contributed by atoms with E-state index in [9.17, 15) is 4.79 Å². The molecule has 98 valence electrons. The van der Waals surface area contributed by atoms with Crippen LogP contribution in [0.4, 0.5) is 5.69 Å². The van der Waals surface area contributed by atoms with Crippen molar-refractivity contribution in [3.63, 3.8) is 0 Å². The maximum absolute atomic E-state index is 11.5. The number of benzene rings is 1. The average molecular weight is 245 g/mol. The molecule has 0 bridgehead atoms. The number of carbonyl (C=O) groups excluding carboxylic acids is 1. The van der Waals surface area contributed by atoms with E-state index in [0.29, 0.717) is 0 Å². The minimum atomic E-state index is 0.0728. The summed E-state index contributed by atoms with van der Waals surface area (Å²) in [6.07, 6.45) is 2.55. The van der Waals surface area contributed by atoms with Crippen LogP contribution < -0.4 is 4.90 Å². The van der Waals surface area contributed by atoms with Crippen molar-refractivity contribution < 1.29 is 4.79 Å². The fourth-order valence-electron chi connectivity index (χ4n) is 2.59. The molecule has 1 heterocycles. The number of anilines is 1. The fraction of sp³-hybridized carbons (Fsp3) is 0.562. The molecular formula is C16H23NO. The minimum absolute atomic E-state index is 0.0728. The summed E-state index contributed by atoms with van der Waals surface area (Å²) in [4.78, 5) is 14.0. The van der Waals surface area contributed by atoms with Gasteiger partial charge in [-0.1, -0.05) is 20.8 Å². The molecule has 18 heavy (non-hydrogen) atoms. The normalized spacial score (nSPS) is 16.1. The second kappa shape index (κ2) is 4.75. The van der Waals surface area contributed by atoms with Crippen LogP contribution >= 0.6 is 0 Å². The molecule has 2 rings (SSSR count). The predicted octanol–water partition coefficient (Wildman–Crippen LogP) is 3.79. The van der Waals surface area contributed by atoms with Crippen molar-refractivity contribution in [1.29, 1.82) is 0 Å². The lowest BCUT2D eigenvalue weighted by atomic mass is 9.84. The van der Waals surface area contributed by atoms with E-state index in [0.717, 1.165) is 18.7 Å². The van der Waals surface area contributed by atoms with Gasteiger partial charge in [0.2, 0.25) is 0 Å². The van der Waals surface area contributed by atoms with E-state index in [1.165, 1.54) is 24.1 Å². The van der Waals surface area contributed by atoms with Gasteiger partial charge in [-0.2, -0.15) is 0 Å². The lowest BCUT2D eigenvalue weighted by Crippen LogP contribution is -2.24. The van der Waals surface area contributed by atoms with Crippen LogP contribution in [0.2, 0.25) is 0 Å². The Morgan fingerprint density at radius 2 is 1.78 bits per heavy atom. The van der Waals surface area contributed by atoms with E-state index in [4.69, 9.17) is 0 Å². The van der Waals surface area contributed by atoms with Gasteiger partial charge in [0.15, 0.2) is 5.78 Å². The highest BCUT2D eigenvalue weighted by Crippen LogP contribution is 2.34. The number of Topliss-reactive ketones (excluding diaryl/α,β-unsaturated/α-hetero) is 1. The molecule has 1 aromatic carbocycles. The van der Waals surface area contributed by atoms with Crippen LogP contribution in [-0.2, 0) is 5.41 Å². The molecule has 0 aromatic heterocycles. The molecule has 2 nitrogen and oxygen atoms in total. The van der Waals surface area contributed by atoms with E-state index in [1.54, 1.807) is 6.92 Å². The highest BCUT2D eigenvalue weighted by atomic mass is 16.1. The standard InChI is InChI=1S/C16H23NO/c1-12(18)13-7-8-15(17-9-5-6-10-17)14(11-13)16(2,3)4/h7-8,11H,5-6,9-10H2,1-4H3. The summed E-state index contributed by atoms with van der Waals surface area (Å²) in [6.45, 7) is 10.6. The molecule has 1 aromatic rings. The Morgan fingerprint density at radius 1 is 1.17 bits per heavy atom. The highest BCUT2D eigenvalue weighted by Gasteiger charge is 2.23. The number of rotatable bonds is 2. The molecular weight excluding hydrogens is 222 g/mol. The average Bonchev–Trinajstić information content (AvgIpc) is 2.80. The molecule has 2 heteroatoms. The van der Waals surface area contributed by atoms with Gasteiger partial charge in [0.1, 0.15) is 0 Å². The van der Waals surface area contributed by atoms with Crippen molar-refractivity contribution >= 4 is 11.5 Å².